The smallest absolute Gasteiger partial charge is 0.311 e. The van der Waals surface area contributed by atoms with Gasteiger partial charge in [-0.2, -0.15) is 0 Å². The van der Waals surface area contributed by atoms with Crippen LogP contribution in [0, 0.1) is 0 Å². The second-order valence-corrected chi connectivity index (χ2v) is 7.87. The van der Waals surface area contributed by atoms with Gasteiger partial charge in [0.15, 0.2) is 4.96 Å². The number of aromatic nitrogens is 2. The van der Waals surface area contributed by atoms with Crippen LogP contribution in [0.3, 0.4) is 0 Å². The van der Waals surface area contributed by atoms with E-state index in [2.05, 4.69) is 16.5 Å². The molecular formula is C23H22N2O4S. The summed E-state index contributed by atoms with van der Waals surface area (Å²) in [5.41, 5.74) is 2.85. The van der Waals surface area contributed by atoms with Gasteiger partial charge >= 0.3 is 11.9 Å². The topological polar surface area (TPSA) is 69.9 Å². The summed E-state index contributed by atoms with van der Waals surface area (Å²) >= 11 is 1.64. The molecule has 30 heavy (non-hydrogen) atoms. The van der Waals surface area contributed by atoms with E-state index in [0.717, 1.165) is 21.7 Å². The molecule has 0 aliphatic carbocycles. The van der Waals surface area contributed by atoms with Crippen LogP contribution in [0.25, 0.3) is 26.4 Å². The molecule has 0 unspecified atom stereocenters. The average Bonchev–Trinajstić information content (AvgIpc) is 3.30. The lowest BCUT2D eigenvalue weighted by molar-refractivity contribution is -0.143. The van der Waals surface area contributed by atoms with Crippen molar-refractivity contribution in [2.45, 2.75) is 32.6 Å². The molecule has 4 aromatic rings. The van der Waals surface area contributed by atoms with Crippen molar-refractivity contribution >= 4 is 38.5 Å². The lowest BCUT2D eigenvalue weighted by Gasteiger charge is -2.06. The average molecular weight is 423 g/mol. The van der Waals surface area contributed by atoms with Gasteiger partial charge in [0.1, 0.15) is 5.75 Å². The summed E-state index contributed by atoms with van der Waals surface area (Å²) < 4.78 is 13.6. The van der Waals surface area contributed by atoms with Gasteiger partial charge in [-0.1, -0.05) is 35.6 Å². The zero-order valence-electron chi connectivity index (χ0n) is 16.7. The Morgan fingerprint density at radius 2 is 1.83 bits per heavy atom. The number of carbonyl (C=O) groups excluding carboxylic acids is 2. The molecule has 2 heterocycles. The number of nitrogens with zero attached hydrogens (tertiary/aromatic N) is 2. The van der Waals surface area contributed by atoms with E-state index >= 15 is 0 Å². The van der Waals surface area contributed by atoms with Gasteiger partial charge in [0.2, 0.25) is 0 Å². The molecule has 0 bridgehead atoms. The number of hydrogen-bond acceptors (Lipinski definition) is 6. The van der Waals surface area contributed by atoms with Crippen LogP contribution in [0.1, 0.15) is 32.6 Å². The van der Waals surface area contributed by atoms with Crippen molar-refractivity contribution in [3.05, 3.63) is 54.7 Å². The molecule has 0 aliphatic heterocycles. The molecular weight excluding hydrogens is 400 g/mol. The lowest BCUT2D eigenvalue weighted by Crippen LogP contribution is -2.08. The molecule has 0 N–H and O–H groups in total. The number of rotatable bonds is 8. The largest absolute Gasteiger partial charge is 0.466 e. The van der Waals surface area contributed by atoms with Crippen molar-refractivity contribution in [3.8, 4) is 17.0 Å². The molecule has 0 aliphatic rings. The zero-order valence-corrected chi connectivity index (χ0v) is 17.5. The van der Waals surface area contributed by atoms with Crippen LogP contribution in [-0.4, -0.2) is 27.9 Å². The maximum atomic E-state index is 12.1. The van der Waals surface area contributed by atoms with Crippen LogP contribution in [0.2, 0.25) is 0 Å². The molecule has 2 aromatic carbocycles. The number of unbranched alkanes of at least 4 members (excludes halogenated alkanes) is 1. The summed E-state index contributed by atoms with van der Waals surface area (Å²) in [5, 5.41) is 0. The van der Waals surface area contributed by atoms with Crippen LogP contribution < -0.4 is 4.74 Å². The highest BCUT2D eigenvalue weighted by atomic mass is 32.1. The Balaban J connectivity index is 1.39. The van der Waals surface area contributed by atoms with Crippen LogP contribution in [0.5, 0.6) is 5.75 Å². The summed E-state index contributed by atoms with van der Waals surface area (Å²) in [6.45, 7) is 2.15. The third kappa shape index (κ3) is 4.52. The molecule has 0 atom stereocenters. The van der Waals surface area contributed by atoms with E-state index in [-0.39, 0.29) is 18.4 Å². The number of esters is 2. The molecule has 0 saturated heterocycles. The minimum absolute atomic E-state index is 0.230. The predicted molar refractivity (Wildman–Crippen MR) is 117 cm³/mol. The zero-order chi connectivity index (χ0) is 20.9. The van der Waals surface area contributed by atoms with E-state index in [0.29, 0.717) is 31.6 Å². The quantitative estimate of drug-likeness (QED) is 0.220. The number of imidazole rings is 1. The molecule has 0 saturated carbocycles. The van der Waals surface area contributed by atoms with Gasteiger partial charge in [-0.3, -0.25) is 14.0 Å². The minimum atomic E-state index is -0.312. The van der Waals surface area contributed by atoms with Gasteiger partial charge in [-0.05, 0) is 44.0 Å². The summed E-state index contributed by atoms with van der Waals surface area (Å²) in [6, 6.07) is 15.6. The molecule has 0 radical (unpaired) electrons. The Bertz CT molecular complexity index is 1190. The monoisotopic (exact) mass is 422 g/mol. The standard InChI is InChI=1S/C23H22N2O4S/c1-2-28-21(26)12-5-6-13-22(27)29-17-9-7-8-16(14-17)18-15-25-19-10-3-4-11-20(19)30-23(25)24-18/h3-4,7-11,14-15H,2,5-6,12-13H2,1H3. The van der Waals surface area contributed by atoms with Crippen molar-refractivity contribution in [3.63, 3.8) is 0 Å². The Morgan fingerprint density at radius 3 is 2.67 bits per heavy atom. The summed E-state index contributed by atoms with van der Waals surface area (Å²) in [4.78, 5) is 29.1. The first-order chi connectivity index (χ1) is 14.6. The second-order valence-electron chi connectivity index (χ2n) is 6.86. The summed E-state index contributed by atoms with van der Waals surface area (Å²) in [5.74, 6) is -0.0525. The van der Waals surface area contributed by atoms with E-state index < -0.39 is 0 Å². The van der Waals surface area contributed by atoms with Crippen molar-refractivity contribution in [1.82, 2.24) is 9.38 Å². The molecule has 4 rings (SSSR count). The molecule has 154 valence electrons. The van der Waals surface area contributed by atoms with E-state index in [9.17, 15) is 9.59 Å². The first kappa shape index (κ1) is 20.1. The van der Waals surface area contributed by atoms with Gasteiger partial charge in [-0.25, -0.2) is 4.98 Å². The fourth-order valence-electron chi connectivity index (χ4n) is 3.26. The van der Waals surface area contributed by atoms with Crippen LogP contribution in [-0.2, 0) is 14.3 Å². The van der Waals surface area contributed by atoms with Gasteiger partial charge in [0, 0.05) is 24.6 Å². The highest BCUT2D eigenvalue weighted by Crippen LogP contribution is 2.30. The number of para-hydroxylation sites is 1. The van der Waals surface area contributed by atoms with E-state index in [1.165, 1.54) is 4.70 Å². The Hall–Kier alpha value is -3.19. The fraction of sp³-hybridized carbons (Fsp3) is 0.261. The highest BCUT2D eigenvalue weighted by molar-refractivity contribution is 7.23. The summed E-state index contributed by atoms with van der Waals surface area (Å²) in [7, 11) is 0. The van der Waals surface area contributed by atoms with Gasteiger partial charge in [0.05, 0.1) is 22.5 Å². The van der Waals surface area contributed by atoms with Crippen molar-refractivity contribution < 1.29 is 19.1 Å². The molecule has 0 fully saturated rings. The lowest BCUT2D eigenvalue weighted by atomic mass is 10.1. The Morgan fingerprint density at radius 1 is 1.03 bits per heavy atom. The van der Waals surface area contributed by atoms with Crippen molar-refractivity contribution in [1.29, 1.82) is 0 Å². The van der Waals surface area contributed by atoms with E-state index in [1.54, 1.807) is 24.3 Å². The van der Waals surface area contributed by atoms with Gasteiger partial charge < -0.3 is 9.47 Å². The summed E-state index contributed by atoms with van der Waals surface area (Å²) in [6.07, 6.45) is 3.78. The van der Waals surface area contributed by atoms with Crippen LogP contribution >= 0.6 is 11.3 Å². The van der Waals surface area contributed by atoms with E-state index in [4.69, 9.17) is 14.5 Å². The number of benzene rings is 2. The number of thiazole rings is 1. The Labute approximate surface area is 178 Å². The Kier molecular flexibility index (Phi) is 6.09. The number of hydrogen-bond donors (Lipinski definition) is 0. The maximum absolute atomic E-state index is 12.1. The normalized spacial score (nSPS) is 11.1. The molecule has 0 amide bonds. The molecule has 0 spiro atoms. The third-order valence-electron chi connectivity index (χ3n) is 4.68. The number of ether oxygens (including phenoxy) is 2. The molecule has 6 nitrogen and oxygen atoms in total. The van der Waals surface area contributed by atoms with Crippen molar-refractivity contribution in [2.75, 3.05) is 6.61 Å². The third-order valence-corrected chi connectivity index (χ3v) is 5.71. The first-order valence-corrected chi connectivity index (χ1v) is 10.8. The van der Waals surface area contributed by atoms with Crippen LogP contribution in [0.4, 0.5) is 0 Å². The number of carbonyl (C=O) groups is 2. The van der Waals surface area contributed by atoms with Crippen molar-refractivity contribution in [2.24, 2.45) is 0 Å². The SMILES string of the molecule is CCOC(=O)CCCCC(=O)Oc1cccc(-c2cn3c(n2)sc2ccccc23)c1. The van der Waals surface area contributed by atoms with E-state index in [1.807, 2.05) is 36.5 Å². The second kappa shape index (κ2) is 9.09. The van der Waals surface area contributed by atoms with Crippen LogP contribution in [0.15, 0.2) is 54.7 Å². The number of fused-ring (bicyclic) bond motifs is 3. The predicted octanol–water partition coefficient (Wildman–Crippen LogP) is 5.24. The van der Waals surface area contributed by atoms with Gasteiger partial charge in [0.25, 0.3) is 0 Å². The maximum Gasteiger partial charge on any atom is 0.311 e. The highest BCUT2D eigenvalue weighted by Gasteiger charge is 2.12. The van der Waals surface area contributed by atoms with Gasteiger partial charge in [-0.15, -0.1) is 0 Å². The molecule has 2 aromatic heterocycles. The first-order valence-electron chi connectivity index (χ1n) is 9.97. The minimum Gasteiger partial charge on any atom is -0.466 e. The molecule has 7 heteroatoms. The fourth-order valence-corrected chi connectivity index (χ4v) is 4.27.